The van der Waals surface area contributed by atoms with Crippen molar-refractivity contribution in [2.45, 2.75) is 13.3 Å². The van der Waals surface area contributed by atoms with Crippen molar-refractivity contribution in [3.8, 4) is 6.07 Å². The summed E-state index contributed by atoms with van der Waals surface area (Å²) in [6.07, 6.45) is 1.51. The van der Waals surface area contributed by atoms with E-state index in [1.165, 1.54) is 12.3 Å². The second-order valence-electron chi connectivity index (χ2n) is 3.08. The average molecular weight is 220 g/mol. The van der Waals surface area contributed by atoms with Crippen LogP contribution in [0.4, 0.5) is 5.95 Å². The van der Waals surface area contributed by atoms with Gasteiger partial charge in [0.15, 0.2) is 0 Å². The first-order valence-electron chi connectivity index (χ1n) is 4.87. The quantitative estimate of drug-likeness (QED) is 0.783. The van der Waals surface area contributed by atoms with Gasteiger partial charge in [-0.15, -0.1) is 0 Å². The van der Waals surface area contributed by atoms with Gasteiger partial charge in [0.05, 0.1) is 6.42 Å². The topological polar surface area (TPSA) is 90.1 Å². The molecule has 0 saturated heterocycles. The largest absolute Gasteiger partial charge is 0.481 e. The van der Waals surface area contributed by atoms with E-state index in [4.69, 9.17) is 10.4 Å². The van der Waals surface area contributed by atoms with Gasteiger partial charge in [0.2, 0.25) is 5.95 Å². The molecule has 1 N–H and O–H groups in total. The smallest absolute Gasteiger partial charge is 0.305 e. The fourth-order valence-corrected chi connectivity index (χ4v) is 1.19. The van der Waals surface area contributed by atoms with Crippen LogP contribution in [0.15, 0.2) is 12.3 Å². The van der Waals surface area contributed by atoms with E-state index in [1.807, 2.05) is 13.0 Å². The van der Waals surface area contributed by atoms with Gasteiger partial charge in [-0.3, -0.25) is 4.79 Å². The van der Waals surface area contributed by atoms with Crippen LogP contribution < -0.4 is 4.90 Å². The summed E-state index contributed by atoms with van der Waals surface area (Å²) >= 11 is 0. The van der Waals surface area contributed by atoms with Gasteiger partial charge in [-0.05, 0) is 13.0 Å². The van der Waals surface area contributed by atoms with Crippen LogP contribution in [-0.4, -0.2) is 34.1 Å². The van der Waals surface area contributed by atoms with Gasteiger partial charge in [-0.1, -0.05) is 0 Å². The molecule has 0 saturated carbocycles. The number of anilines is 1. The monoisotopic (exact) mass is 220 g/mol. The third-order valence-corrected chi connectivity index (χ3v) is 2.02. The molecule has 0 amide bonds. The first-order valence-corrected chi connectivity index (χ1v) is 4.87. The molecule has 84 valence electrons. The molecule has 0 unspecified atom stereocenters. The highest BCUT2D eigenvalue weighted by atomic mass is 16.4. The number of carboxylic acid groups (broad SMARTS) is 1. The molecule has 0 bridgehead atoms. The van der Waals surface area contributed by atoms with Gasteiger partial charge in [0.1, 0.15) is 11.8 Å². The zero-order valence-corrected chi connectivity index (χ0v) is 8.92. The lowest BCUT2D eigenvalue weighted by molar-refractivity contribution is -0.136. The highest BCUT2D eigenvalue weighted by molar-refractivity contribution is 5.67. The molecule has 0 atom stereocenters. The number of aromatic nitrogens is 2. The van der Waals surface area contributed by atoms with Crippen molar-refractivity contribution in [2.24, 2.45) is 0 Å². The van der Waals surface area contributed by atoms with Crippen molar-refractivity contribution >= 4 is 11.9 Å². The summed E-state index contributed by atoms with van der Waals surface area (Å²) in [6.45, 7) is 2.81. The molecule has 0 spiro atoms. The lowest BCUT2D eigenvalue weighted by Gasteiger charge is -2.19. The van der Waals surface area contributed by atoms with Gasteiger partial charge in [-0.2, -0.15) is 5.26 Å². The third-order valence-electron chi connectivity index (χ3n) is 2.02. The Bertz CT molecular complexity index is 414. The van der Waals surface area contributed by atoms with Crippen molar-refractivity contribution < 1.29 is 9.90 Å². The minimum Gasteiger partial charge on any atom is -0.481 e. The van der Waals surface area contributed by atoms with Gasteiger partial charge < -0.3 is 10.0 Å². The van der Waals surface area contributed by atoms with Gasteiger partial charge in [0.25, 0.3) is 0 Å². The van der Waals surface area contributed by atoms with Crippen LogP contribution in [0, 0.1) is 11.3 Å². The first-order chi connectivity index (χ1) is 7.67. The minimum atomic E-state index is -0.866. The molecule has 0 aliphatic heterocycles. The number of hydrogen-bond donors (Lipinski definition) is 1. The molecule has 6 heteroatoms. The standard InChI is InChI=1S/C10H12N4O2/c1-2-14(6-4-9(15)16)10-12-5-3-8(7-11)13-10/h3,5H,2,4,6H2,1H3,(H,15,16). The van der Waals surface area contributed by atoms with E-state index in [-0.39, 0.29) is 12.1 Å². The highest BCUT2D eigenvalue weighted by Crippen LogP contribution is 2.07. The highest BCUT2D eigenvalue weighted by Gasteiger charge is 2.09. The fraction of sp³-hybridized carbons (Fsp3) is 0.400. The van der Waals surface area contributed by atoms with Crippen LogP contribution in [0.5, 0.6) is 0 Å². The molecule has 1 aromatic rings. The van der Waals surface area contributed by atoms with E-state index < -0.39 is 5.97 Å². The predicted molar refractivity (Wildman–Crippen MR) is 56.9 cm³/mol. The number of rotatable bonds is 5. The summed E-state index contributed by atoms with van der Waals surface area (Å²) in [7, 11) is 0. The van der Waals surface area contributed by atoms with E-state index in [2.05, 4.69) is 9.97 Å². The van der Waals surface area contributed by atoms with Crippen LogP contribution in [0.25, 0.3) is 0 Å². The summed E-state index contributed by atoms with van der Waals surface area (Å²) in [5.41, 5.74) is 0.277. The second kappa shape index (κ2) is 5.66. The summed E-state index contributed by atoms with van der Waals surface area (Å²) in [5.74, 6) is -0.474. The van der Waals surface area contributed by atoms with Gasteiger partial charge in [0, 0.05) is 19.3 Å². The Morgan fingerprint density at radius 1 is 1.69 bits per heavy atom. The number of carbonyl (C=O) groups is 1. The van der Waals surface area contributed by atoms with Crippen molar-refractivity contribution in [1.29, 1.82) is 5.26 Å². The number of nitrogens with zero attached hydrogens (tertiary/aromatic N) is 4. The second-order valence-corrected chi connectivity index (χ2v) is 3.08. The molecule has 16 heavy (non-hydrogen) atoms. The maximum absolute atomic E-state index is 10.5. The van der Waals surface area contributed by atoms with Gasteiger partial charge >= 0.3 is 5.97 Å². The Labute approximate surface area is 93.2 Å². The molecule has 0 aliphatic carbocycles. The molecule has 0 aromatic carbocycles. The zero-order chi connectivity index (χ0) is 12.0. The summed E-state index contributed by atoms with van der Waals surface area (Å²) < 4.78 is 0. The Kier molecular flexibility index (Phi) is 4.21. The van der Waals surface area contributed by atoms with Crippen molar-refractivity contribution in [2.75, 3.05) is 18.0 Å². The van der Waals surface area contributed by atoms with E-state index in [1.54, 1.807) is 4.90 Å². The van der Waals surface area contributed by atoms with Crippen molar-refractivity contribution in [1.82, 2.24) is 9.97 Å². The van der Waals surface area contributed by atoms with E-state index >= 15 is 0 Å². The number of aliphatic carboxylic acids is 1. The molecular weight excluding hydrogens is 208 g/mol. The Hall–Kier alpha value is -2.16. The minimum absolute atomic E-state index is 0.0218. The van der Waals surface area contributed by atoms with Crippen LogP contribution in [-0.2, 0) is 4.79 Å². The van der Waals surface area contributed by atoms with Crippen LogP contribution >= 0.6 is 0 Å². The van der Waals surface area contributed by atoms with E-state index in [9.17, 15) is 4.79 Å². The molecule has 1 rings (SSSR count). The molecule has 0 aliphatic rings. The number of carboxylic acids is 1. The molecular formula is C10H12N4O2. The first kappa shape index (κ1) is 11.9. The fourth-order valence-electron chi connectivity index (χ4n) is 1.19. The van der Waals surface area contributed by atoms with Crippen LogP contribution in [0.2, 0.25) is 0 Å². The molecule has 0 fully saturated rings. The normalized spacial score (nSPS) is 9.50. The molecule has 1 heterocycles. The maximum Gasteiger partial charge on any atom is 0.305 e. The maximum atomic E-state index is 10.5. The Balaban J connectivity index is 2.78. The lowest BCUT2D eigenvalue weighted by atomic mass is 10.4. The predicted octanol–water partition coefficient (Wildman–Crippen LogP) is 0.649. The third kappa shape index (κ3) is 3.20. The number of hydrogen-bond acceptors (Lipinski definition) is 5. The Morgan fingerprint density at radius 3 is 3.00 bits per heavy atom. The van der Waals surface area contributed by atoms with Gasteiger partial charge in [-0.25, -0.2) is 9.97 Å². The van der Waals surface area contributed by atoms with Crippen molar-refractivity contribution in [3.63, 3.8) is 0 Å². The van der Waals surface area contributed by atoms with Crippen molar-refractivity contribution in [3.05, 3.63) is 18.0 Å². The summed E-state index contributed by atoms with van der Waals surface area (Å²) in [5, 5.41) is 17.3. The van der Waals surface area contributed by atoms with E-state index in [0.29, 0.717) is 19.0 Å². The zero-order valence-electron chi connectivity index (χ0n) is 8.92. The lowest BCUT2D eigenvalue weighted by Crippen LogP contribution is -2.27. The van der Waals surface area contributed by atoms with Crippen LogP contribution in [0.3, 0.4) is 0 Å². The molecule has 6 nitrogen and oxygen atoms in total. The Morgan fingerprint density at radius 2 is 2.44 bits per heavy atom. The average Bonchev–Trinajstić information content (AvgIpc) is 2.30. The number of nitriles is 1. The summed E-state index contributed by atoms with van der Waals surface area (Å²) in [4.78, 5) is 20.2. The van der Waals surface area contributed by atoms with E-state index in [0.717, 1.165) is 0 Å². The summed E-state index contributed by atoms with van der Waals surface area (Å²) in [6, 6.07) is 3.43. The SMILES string of the molecule is CCN(CCC(=O)O)c1nccc(C#N)n1. The van der Waals surface area contributed by atoms with Crippen LogP contribution in [0.1, 0.15) is 19.0 Å². The molecule has 1 aromatic heterocycles. The molecule has 0 radical (unpaired) electrons.